The molecule has 0 spiro atoms. The van der Waals surface area contributed by atoms with Crippen LogP contribution in [0, 0.1) is 6.92 Å². The minimum atomic E-state index is -4.56. The fourth-order valence-corrected chi connectivity index (χ4v) is 2.90. The van der Waals surface area contributed by atoms with Gasteiger partial charge in [0.15, 0.2) is 0 Å². The van der Waals surface area contributed by atoms with Gasteiger partial charge < -0.3 is 0 Å². The van der Waals surface area contributed by atoms with Crippen LogP contribution in [-0.2, 0) is 21.4 Å². The molecule has 0 saturated carbocycles. The van der Waals surface area contributed by atoms with E-state index in [0.29, 0.717) is 12.0 Å². The van der Waals surface area contributed by atoms with Gasteiger partial charge in [0.1, 0.15) is 0 Å². The SMILES string of the molecule is CCC1(c2cccc(C)c2)ON(c2ccccc2C(F)(F)F)C1=O. The van der Waals surface area contributed by atoms with Gasteiger partial charge in [-0.3, -0.25) is 4.79 Å². The molecule has 0 N–H and O–H groups in total. The first-order chi connectivity index (χ1) is 11.3. The van der Waals surface area contributed by atoms with E-state index in [2.05, 4.69) is 0 Å². The zero-order chi connectivity index (χ0) is 17.5. The van der Waals surface area contributed by atoms with Crippen LogP contribution in [0.25, 0.3) is 0 Å². The number of amides is 1. The molecule has 126 valence electrons. The average molecular weight is 335 g/mol. The lowest BCUT2D eigenvalue weighted by Gasteiger charge is -2.47. The Balaban J connectivity index is 1.98. The quantitative estimate of drug-likeness (QED) is 0.820. The minimum absolute atomic E-state index is 0.285. The van der Waals surface area contributed by atoms with E-state index in [1.54, 1.807) is 19.1 Å². The number of hydrogen-bond donors (Lipinski definition) is 0. The lowest BCUT2D eigenvalue weighted by Crippen LogP contribution is -2.62. The number of carbonyl (C=O) groups is 1. The maximum atomic E-state index is 13.2. The molecule has 1 saturated heterocycles. The lowest BCUT2D eigenvalue weighted by molar-refractivity contribution is -0.192. The predicted octanol–water partition coefficient (Wildman–Crippen LogP) is 4.60. The third kappa shape index (κ3) is 2.47. The standard InChI is InChI=1S/C18H16F3NO2/c1-3-17(13-8-6-7-12(2)11-13)16(23)22(24-17)15-10-5-4-9-14(15)18(19,20)21/h4-11H,3H2,1-2H3. The second kappa shape index (κ2) is 5.63. The van der Waals surface area contributed by atoms with Crippen molar-refractivity contribution in [3.8, 4) is 0 Å². The number of halogens is 3. The Bertz CT molecular complexity index is 788. The van der Waals surface area contributed by atoms with Crippen LogP contribution in [0.2, 0.25) is 0 Å². The largest absolute Gasteiger partial charge is 0.418 e. The molecule has 0 bridgehead atoms. The maximum Gasteiger partial charge on any atom is 0.418 e. The first-order valence-corrected chi connectivity index (χ1v) is 7.56. The zero-order valence-electron chi connectivity index (χ0n) is 13.2. The van der Waals surface area contributed by atoms with Gasteiger partial charge in [0.25, 0.3) is 5.91 Å². The third-order valence-corrected chi connectivity index (χ3v) is 4.19. The molecule has 2 aromatic carbocycles. The summed E-state index contributed by atoms with van der Waals surface area (Å²) in [6, 6.07) is 12.1. The molecular weight excluding hydrogens is 319 g/mol. The molecule has 1 atom stereocenters. The van der Waals surface area contributed by atoms with E-state index in [4.69, 9.17) is 4.84 Å². The number of hydroxylamine groups is 1. The van der Waals surface area contributed by atoms with Gasteiger partial charge in [0.05, 0.1) is 11.3 Å². The van der Waals surface area contributed by atoms with Gasteiger partial charge in [-0.05, 0) is 31.0 Å². The van der Waals surface area contributed by atoms with Gasteiger partial charge >= 0.3 is 6.18 Å². The topological polar surface area (TPSA) is 29.5 Å². The number of para-hydroxylation sites is 1. The number of aryl methyl sites for hydroxylation is 1. The molecule has 24 heavy (non-hydrogen) atoms. The van der Waals surface area contributed by atoms with E-state index in [1.165, 1.54) is 18.2 Å². The number of nitrogens with zero attached hydrogens (tertiary/aromatic N) is 1. The average Bonchev–Trinajstić information content (AvgIpc) is 2.54. The summed E-state index contributed by atoms with van der Waals surface area (Å²) in [7, 11) is 0. The van der Waals surface area contributed by atoms with E-state index < -0.39 is 23.2 Å². The predicted molar refractivity (Wildman–Crippen MR) is 83.2 cm³/mol. The van der Waals surface area contributed by atoms with Gasteiger partial charge in [0, 0.05) is 0 Å². The van der Waals surface area contributed by atoms with Gasteiger partial charge in [-0.2, -0.15) is 18.2 Å². The second-order valence-corrected chi connectivity index (χ2v) is 5.76. The Morgan fingerprint density at radius 3 is 2.42 bits per heavy atom. The fraction of sp³-hybridized carbons (Fsp3) is 0.278. The molecule has 3 rings (SSSR count). The lowest BCUT2D eigenvalue weighted by atomic mass is 9.86. The Hall–Kier alpha value is -2.34. The molecule has 1 fully saturated rings. The van der Waals surface area contributed by atoms with Crippen molar-refractivity contribution in [3.63, 3.8) is 0 Å². The molecule has 2 aromatic rings. The maximum absolute atomic E-state index is 13.2. The summed E-state index contributed by atoms with van der Waals surface area (Å²) in [4.78, 5) is 18.4. The van der Waals surface area contributed by atoms with E-state index >= 15 is 0 Å². The van der Waals surface area contributed by atoms with Gasteiger partial charge in [-0.1, -0.05) is 48.9 Å². The molecule has 0 aliphatic carbocycles. The second-order valence-electron chi connectivity index (χ2n) is 5.76. The summed E-state index contributed by atoms with van der Waals surface area (Å²) in [5.74, 6) is -0.493. The first-order valence-electron chi connectivity index (χ1n) is 7.56. The molecule has 1 amide bonds. The van der Waals surface area contributed by atoms with Crippen molar-refractivity contribution in [2.24, 2.45) is 0 Å². The number of hydrogen-bond acceptors (Lipinski definition) is 2. The number of benzene rings is 2. The zero-order valence-corrected chi connectivity index (χ0v) is 13.2. The van der Waals surface area contributed by atoms with Crippen LogP contribution in [0.5, 0.6) is 0 Å². The molecule has 1 heterocycles. The van der Waals surface area contributed by atoms with Crippen molar-refractivity contribution < 1.29 is 22.8 Å². The number of rotatable bonds is 3. The minimum Gasteiger partial charge on any atom is -0.268 e. The van der Waals surface area contributed by atoms with Crippen LogP contribution in [-0.4, -0.2) is 5.91 Å². The summed E-state index contributed by atoms with van der Waals surface area (Å²) in [6.45, 7) is 3.65. The monoisotopic (exact) mass is 335 g/mol. The summed E-state index contributed by atoms with van der Waals surface area (Å²) < 4.78 is 39.5. The van der Waals surface area contributed by atoms with Crippen LogP contribution in [0.4, 0.5) is 18.9 Å². The van der Waals surface area contributed by atoms with E-state index in [1.807, 2.05) is 19.1 Å². The molecular formula is C18H16F3NO2. The van der Waals surface area contributed by atoms with Crippen molar-refractivity contribution in [1.29, 1.82) is 0 Å². The Morgan fingerprint density at radius 2 is 1.83 bits per heavy atom. The first kappa shape index (κ1) is 16.5. The summed E-state index contributed by atoms with van der Waals surface area (Å²) in [6.07, 6.45) is -4.23. The Kier molecular flexibility index (Phi) is 3.87. The molecule has 3 nitrogen and oxygen atoms in total. The molecule has 0 aromatic heterocycles. The molecule has 1 aliphatic rings. The third-order valence-electron chi connectivity index (χ3n) is 4.19. The summed E-state index contributed by atoms with van der Waals surface area (Å²) in [5, 5.41) is 0.745. The van der Waals surface area contributed by atoms with E-state index in [9.17, 15) is 18.0 Å². The van der Waals surface area contributed by atoms with E-state index in [0.717, 1.165) is 16.7 Å². The smallest absolute Gasteiger partial charge is 0.268 e. The fourth-order valence-electron chi connectivity index (χ4n) is 2.90. The number of alkyl halides is 3. The van der Waals surface area contributed by atoms with Crippen molar-refractivity contribution >= 4 is 11.6 Å². The van der Waals surface area contributed by atoms with Crippen molar-refractivity contribution in [2.75, 3.05) is 5.06 Å². The van der Waals surface area contributed by atoms with Crippen LogP contribution in [0.1, 0.15) is 30.0 Å². The number of anilines is 1. The molecule has 0 radical (unpaired) electrons. The van der Waals surface area contributed by atoms with Crippen molar-refractivity contribution in [1.82, 2.24) is 0 Å². The Morgan fingerprint density at radius 1 is 1.12 bits per heavy atom. The van der Waals surface area contributed by atoms with Crippen LogP contribution in [0.3, 0.4) is 0 Å². The van der Waals surface area contributed by atoms with Gasteiger partial charge in [0.2, 0.25) is 5.60 Å². The molecule has 1 unspecified atom stereocenters. The highest BCUT2D eigenvalue weighted by atomic mass is 19.4. The summed E-state index contributed by atoms with van der Waals surface area (Å²) in [5.41, 5.74) is -0.814. The number of carbonyl (C=O) groups excluding carboxylic acids is 1. The van der Waals surface area contributed by atoms with Crippen LogP contribution >= 0.6 is 0 Å². The van der Waals surface area contributed by atoms with Crippen molar-refractivity contribution in [3.05, 3.63) is 65.2 Å². The van der Waals surface area contributed by atoms with Gasteiger partial charge in [-0.25, -0.2) is 4.84 Å². The highest BCUT2D eigenvalue weighted by molar-refractivity contribution is 6.03. The Labute approximate surface area is 137 Å². The highest BCUT2D eigenvalue weighted by Gasteiger charge is 2.56. The molecule has 6 heteroatoms. The van der Waals surface area contributed by atoms with Crippen molar-refractivity contribution in [2.45, 2.75) is 32.0 Å². The van der Waals surface area contributed by atoms with Crippen LogP contribution in [0.15, 0.2) is 48.5 Å². The summed E-state index contributed by atoms with van der Waals surface area (Å²) >= 11 is 0. The molecule has 1 aliphatic heterocycles. The highest BCUT2D eigenvalue weighted by Crippen LogP contribution is 2.46. The van der Waals surface area contributed by atoms with E-state index in [-0.39, 0.29) is 5.69 Å². The van der Waals surface area contributed by atoms with Crippen LogP contribution < -0.4 is 5.06 Å². The van der Waals surface area contributed by atoms with Gasteiger partial charge in [-0.15, -0.1) is 0 Å². The normalized spacial score (nSPS) is 20.9.